The smallest absolute Gasteiger partial charge is 0.123 e. The third-order valence-electron chi connectivity index (χ3n) is 3.59. The van der Waals surface area contributed by atoms with Crippen molar-refractivity contribution in [3.8, 4) is 5.75 Å². The monoisotopic (exact) mass is 245 g/mol. The average Bonchev–Trinajstić information content (AvgIpc) is 2.47. The van der Waals surface area contributed by atoms with E-state index in [1.165, 1.54) is 5.39 Å². The summed E-state index contributed by atoms with van der Waals surface area (Å²) in [7, 11) is 0. The van der Waals surface area contributed by atoms with Gasteiger partial charge in [0.15, 0.2) is 0 Å². The second kappa shape index (κ2) is 3.69. The van der Waals surface area contributed by atoms with Gasteiger partial charge in [-0.2, -0.15) is 0 Å². The molecule has 19 heavy (non-hydrogen) atoms. The zero-order chi connectivity index (χ0) is 12.8. The molecule has 1 aromatic heterocycles. The Morgan fingerprint density at radius 1 is 0.684 bits per heavy atom. The number of aromatic nitrogens is 1. The van der Waals surface area contributed by atoms with Gasteiger partial charge in [0.1, 0.15) is 5.75 Å². The Morgan fingerprint density at radius 2 is 1.42 bits per heavy atom. The maximum absolute atomic E-state index is 9.92. The predicted molar refractivity (Wildman–Crippen MR) is 78.4 cm³/mol. The molecule has 0 unspecified atom stereocenters. The summed E-state index contributed by atoms with van der Waals surface area (Å²) in [5, 5.41) is 15.2. The van der Waals surface area contributed by atoms with Crippen molar-refractivity contribution in [1.82, 2.24) is 4.98 Å². The molecule has 0 bridgehead atoms. The minimum atomic E-state index is 0.300. The van der Waals surface area contributed by atoms with Gasteiger partial charge in [-0.05, 0) is 17.5 Å². The van der Waals surface area contributed by atoms with Crippen LogP contribution in [0, 0.1) is 0 Å². The van der Waals surface area contributed by atoms with Crippen LogP contribution in [-0.4, -0.2) is 10.1 Å². The number of hydrogen-bond donors (Lipinski definition) is 1. The second-order valence-corrected chi connectivity index (χ2v) is 4.68. The Bertz CT molecular complexity index is 928. The molecule has 0 atom stereocenters. The molecule has 4 aromatic rings. The summed E-state index contributed by atoms with van der Waals surface area (Å²) in [5.41, 5.74) is 0.937. The summed E-state index contributed by atoms with van der Waals surface area (Å²) in [5.74, 6) is 0.300. The highest BCUT2D eigenvalue weighted by Crippen LogP contribution is 2.32. The predicted octanol–water partition coefficient (Wildman–Crippen LogP) is 4.25. The molecule has 0 amide bonds. The molecule has 1 N–H and O–H groups in total. The Balaban J connectivity index is 2.29. The van der Waals surface area contributed by atoms with Gasteiger partial charge < -0.3 is 5.11 Å². The number of phenolic OH excluding ortho intramolecular Hbond substituents is 1. The lowest BCUT2D eigenvalue weighted by Gasteiger charge is -2.07. The molecular weight excluding hydrogens is 234 g/mol. The van der Waals surface area contributed by atoms with Crippen LogP contribution >= 0.6 is 0 Å². The zero-order valence-corrected chi connectivity index (χ0v) is 10.2. The van der Waals surface area contributed by atoms with E-state index >= 15 is 0 Å². The van der Waals surface area contributed by atoms with Crippen molar-refractivity contribution >= 4 is 32.4 Å². The van der Waals surface area contributed by atoms with Gasteiger partial charge in [0.2, 0.25) is 0 Å². The van der Waals surface area contributed by atoms with E-state index in [4.69, 9.17) is 0 Å². The molecule has 1 heterocycles. The third kappa shape index (κ3) is 1.40. The van der Waals surface area contributed by atoms with E-state index in [9.17, 15) is 5.11 Å². The lowest BCUT2D eigenvalue weighted by molar-refractivity contribution is 0.481. The molecule has 4 rings (SSSR count). The van der Waals surface area contributed by atoms with E-state index in [1.54, 1.807) is 6.07 Å². The van der Waals surface area contributed by atoms with Crippen LogP contribution in [0.4, 0.5) is 0 Å². The highest BCUT2D eigenvalue weighted by molar-refractivity contribution is 6.15. The first-order valence-corrected chi connectivity index (χ1v) is 6.23. The van der Waals surface area contributed by atoms with Crippen LogP contribution in [0.2, 0.25) is 0 Å². The fourth-order valence-corrected chi connectivity index (χ4v) is 2.67. The molecule has 0 saturated heterocycles. The highest BCUT2D eigenvalue weighted by Gasteiger charge is 2.07. The maximum atomic E-state index is 9.92. The lowest BCUT2D eigenvalue weighted by Crippen LogP contribution is -1.84. The van der Waals surface area contributed by atoms with E-state index < -0.39 is 0 Å². The van der Waals surface area contributed by atoms with Gasteiger partial charge in [0, 0.05) is 27.7 Å². The molecule has 90 valence electrons. The van der Waals surface area contributed by atoms with Crippen LogP contribution < -0.4 is 0 Å². The van der Waals surface area contributed by atoms with Gasteiger partial charge in [-0.15, -0.1) is 0 Å². The topological polar surface area (TPSA) is 33.1 Å². The molecule has 2 nitrogen and oxygen atoms in total. The van der Waals surface area contributed by atoms with Gasteiger partial charge in [0.25, 0.3) is 0 Å². The van der Waals surface area contributed by atoms with E-state index in [0.717, 1.165) is 27.1 Å². The van der Waals surface area contributed by atoms with E-state index in [0.29, 0.717) is 5.75 Å². The number of fused-ring (bicyclic) bond motifs is 5. The standard InChI is InChI=1S/C17H11NO/c19-16-7-3-6-14-13(16)8-9-15-12-5-2-1-4-11(12)10-18-17(14)15/h1-10,19H. The van der Waals surface area contributed by atoms with Gasteiger partial charge in [0.05, 0.1) is 5.52 Å². The van der Waals surface area contributed by atoms with Crippen molar-refractivity contribution in [2.45, 2.75) is 0 Å². The Labute approximate surface area is 109 Å². The van der Waals surface area contributed by atoms with Crippen LogP contribution in [0.1, 0.15) is 0 Å². The second-order valence-electron chi connectivity index (χ2n) is 4.68. The minimum absolute atomic E-state index is 0.300. The minimum Gasteiger partial charge on any atom is -0.507 e. The molecule has 0 aliphatic carbocycles. The molecular formula is C17H11NO. The summed E-state index contributed by atoms with van der Waals surface area (Å²) in [6.45, 7) is 0. The van der Waals surface area contributed by atoms with Gasteiger partial charge >= 0.3 is 0 Å². The van der Waals surface area contributed by atoms with Crippen molar-refractivity contribution in [3.63, 3.8) is 0 Å². The van der Waals surface area contributed by atoms with Gasteiger partial charge in [-0.25, -0.2) is 0 Å². The number of benzene rings is 3. The molecule has 0 saturated carbocycles. The highest BCUT2D eigenvalue weighted by atomic mass is 16.3. The fraction of sp³-hybridized carbons (Fsp3) is 0. The molecule has 0 radical (unpaired) electrons. The van der Waals surface area contributed by atoms with Crippen molar-refractivity contribution in [3.05, 3.63) is 60.8 Å². The molecule has 0 spiro atoms. The first-order valence-electron chi connectivity index (χ1n) is 6.23. The van der Waals surface area contributed by atoms with Crippen LogP contribution in [-0.2, 0) is 0 Å². The molecule has 2 heteroatoms. The normalized spacial score (nSPS) is 11.4. The summed E-state index contributed by atoms with van der Waals surface area (Å²) in [6.07, 6.45) is 1.89. The van der Waals surface area contributed by atoms with E-state index in [2.05, 4.69) is 17.1 Å². The third-order valence-corrected chi connectivity index (χ3v) is 3.59. The molecule has 0 aliphatic rings. The number of nitrogens with zero attached hydrogens (tertiary/aromatic N) is 1. The molecule has 3 aromatic carbocycles. The Morgan fingerprint density at radius 3 is 2.37 bits per heavy atom. The fourth-order valence-electron chi connectivity index (χ4n) is 2.67. The number of phenols is 1. The Kier molecular flexibility index (Phi) is 2.00. The zero-order valence-electron chi connectivity index (χ0n) is 10.2. The number of aromatic hydroxyl groups is 1. The SMILES string of the molecule is Oc1cccc2c1ccc1c3ccccc3cnc21. The van der Waals surface area contributed by atoms with Crippen LogP contribution in [0.5, 0.6) is 5.75 Å². The van der Waals surface area contributed by atoms with Gasteiger partial charge in [-0.1, -0.05) is 42.5 Å². The Hall–Kier alpha value is -2.61. The van der Waals surface area contributed by atoms with Gasteiger partial charge in [-0.3, -0.25) is 4.98 Å². The van der Waals surface area contributed by atoms with E-state index in [1.807, 2.05) is 42.6 Å². The summed E-state index contributed by atoms with van der Waals surface area (Å²) in [4.78, 5) is 4.57. The van der Waals surface area contributed by atoms with Crippen LogP contribution in [0.15, 0.2) is 60.8 Å². The van der Waals surface area contributed by atoms with Crippen LogP contribution in [0.25, 0.3) is 32.4 Å². The summed E-state index contributed by atoms with van der Waals surface area (Å²) in [6, 6.07) is 17.8. The van der Waals surface area contributed by atoms with Crippen LogP contribution in [0.3, 0.4) is 0 Å². The average molecular weight is 245 g/mol. The summed E-state index contributed by atoms with van der Waals surface area (Å²) >= 11 is 0. The number of rotatable bonds is 0. The molecule has 0 aliphatic heterocycles. The maximum Gasteiger partial charge on any atom is 0.123 e. The lowest BCUT2D eigenvalue weighted by atomic mass is 10.0. The largest absolute Gasteiger partial charge is 0.507 e. The van der Waals surface area contributed by atoms with Crippen molar-refractivity contribution in [2.24, 2.45) is 0 Å². The number of pyridine rings is 1. The van der Waals surface area contributed by atoms with Crippen molar-refractivity contribution in [1.29, 1.82) is 0 Å². The van der Waals surface area contributed by atoms with Crippen molar-refractivity contribution in [2.75, 3.05) is 0 Å². The van der Waals surface area contributed by atoms with E-state index in [-0.39, 0.29) is 0 Å². The van der Waals surface area contributed by atoms with Crippen molar-refractivity contribution < 1.29 is 5.11 Å². The molecule has 0 fully saturated rings. The first kappa shape index (κ1) is 10.3. The summed E-state index contributed by atoms with van der Waals surface area (Å²) < 4.78 is 0. The first-order chi connectivity index (χ1) is 9.34. The number of hydrogen-bond acceptors (Lipinski definition) is 2. The quantitative estimate of drug-likeness (QED) is 0.470.